The van der Waals surface area contributed by atoms with Crippen molar-refractivity contribution < 1.29 is 14.4 Å². The topological polar surface area (TPSA) is 66.5 Å². The number of Topliss-reactive ketones (excluding diaryl/α,β-unsaturated/α-hetero) is 2. The van der Waals surface area contributed by atoms with E-state index < -0.39 is 23.4 Å². The van der Waals surface area contributed by atoms with Gasteiger partial charge in [-0.15, -0.1) is 11.3 Å². The van der Waals surface area contributed by atoms with Gasteiger partial charge in [-0.3, -0.25) is 14.4 Å². The Labute approximate surface area is 243 Å². The van der Waals surface area contributed by atoms with E-state index >= 15 is 0 Å². The molecular weight excluding hydrogens is 528 g/mol. The summed E-state index contributed by atoms with van der Waals surface area (Å²) < 4.78 is 0. The summed E-state index contributed by atoms with van der Waals surface area (Å²) in [6.07, 6.45) is 4.03. The van der Waals surface area contributed by atoms with Crippen molar-refractivity contribution in [1.29, 1.82) is 0 Å². The van der Waals surface area contributed by atoms with E-state index in [0.717, 1.165) is 40.8 Å². The number of allylic oxidation sites excluding steroid dienone is 1. The number of fused-ring (bicyclic) bond motifs is 6. The van der Waals surface area contributed by atoms with E-state index in [9.17, 15) is 14.4 Å². The Morgan fingerprint density at radius 2 is 1.68 bits per heavy atom. The zero-order valence-corrected chi connectivity index (χ0v) is 23.8. The second kappa shape index (κ2) is 9.67. The number of anilines is 2. The SMILES string of the molecule is CCCc1ccc(C(=O)[C@@H]2[C@H](C(=O)c3cccs3)N3c4ccccc4C(C)=C[C@@H]3[C@@]23C(=O)Nc2ccccc23)cc1. The van der Waals surface area contributed by atoms with Gasteiger partial charge < -0.3 is 10.2 Å². The first-order chi connectivity index (χ1) is 20.0. The third-order valence-corrected chi connectivity index (χ3v) is 9.86. The van der Waals surface area contributed by atoms with Crippen LogP contribution in [0, 0.1) is 5.92 Å². The zero-order chi connectivity index (χ0) is 28.3. The molecule has 7 rings (SSSR count). The van der Waals surface area contributed by atoms with Crippen LogP contribution in [0.2, 0.25) is 0 Å². The molecule has 5 nitrogen and oxygen atoms in total. The maximum absolute atomic E-state index is 14.9. The third-order valence-electron chi connectivity index (χ3n) is 8.98. The molecule has 0 saturated carbocycles. The zero-order valence-electron chi connectivity index (χ0n) is 23.0. The number of hydrogen-bond acceptors (Lipinski definition) is 5. The highest BCUT2D eigenvalue weighted by atomic mass is 32.1. The molecular formula is C35H30N2O3S. The van der Waals surface area contributed by atoms with Crippen molar-refractivity contribution in [1.82, 2.24) is 0 Å². The van der Waals surface area contributed by atoms with Gasteiger partial charge in [0.2, 0.25) is 5.91 Å². The second-order valence-corrected chi connectivity index (χ2v) is 12.1. The van der Waals surface area contributed by atoms with E-state index in [1.165, 1.54) is 11.3 Å². The molecule has 0 bridgehead atoms. The van der Waals surface area contributed by atoms with E-state index in [-0.39, 0.29) is 17.5 Å². The minimum atomic E-state index is -1.29. The van der Waals surface area contributed by atoms with Crippen LogP contribution in [0.25, 0.3) is 5.57 Å². The molecule has 4 atom stereocenters. The van der Waals surface area contributed by atoms with Gasteiger partial charge in [-0.1, -0.05) is 86.2 Å². The van der Waals surface area contributed by atoms with E-state index in [2.05, 4.69) is 23.2 Å². The first kappa shape index (κ1) is 25.7. The van der Waals surface area contributed by atoms with Crippen molar-refractivity contribution in [3.8, 4) is 0 Å². The van der Waals surface area contributed by atoms with Gasteiger partial charge in [0.25, 0.3) is 0 Å². The summed E-state index contributed by atoms with van der Waals surface area (Å²) >= 11 is 1.37. The predicted molar refractivity (Wildman–Crippen MR) is 164 cm³/mol. The molecule has 0 unspecified atom stereocenters. The van der Waals surface area contributed by atoms with Crippen molar-refractivity contribution in [3.63, 3.8) is 0 Å². The van der Waals surface area contributed by atoms with Gasteiger partial charge in [0.15, 0.2) is 11.6 Å². The van der Waals surface area contributed by atoms with E-state index in [1.807, 2.05) is 97.2 Å². The van der Waals surface area contributed by atoms with Crippen molar-refractivity contribution in [2.24, 2.45) is 5.92 Å². The number of ketones is 2. The standard InChI is InChI=1S/C35H30N2O3S/c1-3-9-22-15-17-23(18-16-22)32(38)30-31(33(39)28-14-8-19-41-28)37-27-13-7-4-10-24(27)21(2)20-29(37)35(30)25-11-5-6-12-26(25)36-34(35)40/h4-8,10-20,29-31H,3,9H2,1-2H3,(H,36,40)/t29-,30+,31-,35-/m1/s1. The minimum Gasteiger partial charge on any atom is -0.352 e. The molecule has 1 aromatic heterocycles. The Morgan fingerprint density at radius 3 is 2.44 bits per heavy atom. The molecule has 0 aliphatic carbocycles. The molecule has 1 N–H and O–H groups in total. The monoisotopic (exact) mass is 558 g/mol. The largest absolute Gasteiger partial charge is 0.352 e. The van der Waals surface area contributed by atoms with Crippen LogP contribution in [0.4, 0.5) is 11.4 Å². The lowest BCUT2D eigenvalue weighted by Gasteiger charge is -2.39. The van der Waals surface area contributed by atoms with Crippen LogP contribution in [0.5, 0.6) is 0 Å². The van der Waals surface area contributed by atoms with Crippen LogP contribution in [0.15, 0.2) is 96.4 Å². The summed E-state index contributed by atoms with van der Waals surface area (Å²) in [5.41, 5.74) is 4.76. The lowest BCUT2D eigenvalue weighted by atomic mass is 9.64. The number of aryl methyl sites for hydroxylation is 1. The number of amides is 1. The van der Waals surface area contributed by atoms with Crippen molar-refractivity contribution in [2.75, 3.05) is 10.2 Å². The molecule has 4 aromatic rings. The highest BCUT2D eigenvalue weighted by Crippen LogP contribution is 2.58. The first-order valence-electron chi connectivity index (χ1n) is 14.1. The van der Waals surface area contributed by atoms with Gasteiger partial charge in [-0.2, -0.15) is 0 Å². The van der Waals surface area contributed by atoms with Gasteiger partial charge in [0, 0.05) is 22.5 Å². The Hall–Kier alpha value is -4.29. The van der Waals surface area contributed by atoms with Crippen molar-refractivity contribution in [3.05, 3.63) is 124 Å². The third kappa shape index (κ3) is 3.63. The molecule has 3 aromatic carbocycles. The average Bonchev–Trinajstić information content (AvgIpc) is 3.70. The number of para-hydroxylation sites is 2. The lowest BCUT2D eigenvalue weighted by Crippen LogP contribution is -2.51. The summed E-state index contributed by atoms with van der Waals surface area (Å²) in [7, 11) is 0. The van der Waals surface area contributed by atoms with E-state index in [0.29, 0.717) is 16.1 Å². The number of rotatable bonds is 6. The number of hydrogen-bond donors (Lipinski definition) is 1. The van der Waals surface area contributed by atoms with Crippen LogP contribution >= 0.6 is 11.3 Å². The van der Waals surface area contributed by atoms with Crippen molar-refractivity contribution in [2.45, 2.75) is 44.2 Å². The Morgan fingerprint density at radius 1 is 0.927 bits per heavy atom. The van der Waals surface area contributed by atoms with E-state index in [1.54, 1.807) is 0 Å². The molecule has 1 saturated heterocycles. The minimum absolute atomic E-state index is 0.136. The molecule has 204 valence electrons. The number of carbonyl (C=O) groups is 3. The smallest absolute Gasteiger partial charge is 0.238 e. The lowest BCUT2D eigenvalue weighted by molar-refractivity contribution is -0.121. The van der Waals surface area contributed by atoms with E-state index in [4.69, 9.17) is 0 Å². The fourth-order valence-electron chi connectivity index (χ4n) is 7.26. The molecule has 3 aliphatic rings. The van der Waals surface area contributed by atoms with Gasteiger partial charge in [-0.05, 0) is 53.6 Å². The fraction of sp³-hybridized carbons (Fsp3) is 0.229. The van der Waals surface area contributed by atoms with Gasteiger partial charge in [-0.25, -0.2) is 0 Å². The van der Waals surface area contributed by atoms with Gasteiger partial charge in [0.1, 0.15) is 11.5 Å². The summed E-state index contributed by atoms with van der Waals surface area (Å²) in [6, 6.07) is 25.6. The molecule has 0 radical (unpaired) electrons. The molecule has 1 amide bonds. The molecule has 4 heterocycles. The predicted octanol–water partition coefficient (Wildman–Crippen LogP) is 6.95. The second-order valence-electron chi connectivity index (χ2n) is 11.2. The van der Waals surface area contributed by atoms with Crippen LogP contribution in [0.3, 0.4) is 0 Å². The molecule has 6 heteroatoms. The van der Waals surface area contributed by atoms with Crippen LogP contribution in [0.1, 0.15) is 57.0 Å². The molecule has 41 heavy (non-hydrogen) atoms. The number of benzene rings is 3. The number of thiophene rings is 1. The van der Waals surface area contributed by atoms with Crippen LogP contribution in [-0.2, 0) is 16.6 Å². The highest BCUT2D eigenvalue weighted by Gasteiger charge is 2.70. The summed E-state index contributed by atoms with van der Waals surface area (Å²) in [5, 5.41) is 4.98. The fourth-order valence-corrected chi connectivity index (χ4v) is 7.95. The van der Waals surface area contributed by atoms with Crippen LogP contribution < -0.4 is 10.2 Å². The van der Waals surface area contributed by atoms with Gasteiger partial charge >= 0.3 is 0 Å². The molecule has 1 spiro atoms. The summed E-state index contributed by atoms with van der Waals surface area (Å²) in [4.78, 5) is 46.5. The maximum Gasteiger partial charge on any atom is 0.238 e. The normalized spacial score (nSPS) is 24.0. The summed E-state index contributed by atoms with van der Waals surface area (Å²) in [5.74, 6) is -1.51. The maximum atomic E-state index is 14.9. The number of nitrogens with one attached hydrogen (secondary N) is 1. The number of nitrogens with zero attached hydrogens (tertiary/aromatic N) is 1. The summed E-state index contributed by atoms with van der Waals surface area (Å²) in [6.45, 7) is 4.17. The highest BCUT2D eigenvalue weighted by molar-refractivity contribution is 7.12. The molecule has 3 aliphatic heterocycles. The van der Waals surface area contributed by atoms with Crippen LogP contribution in [-0.4, -0.2) is 29.6 Å². The Balaban J connectivity index is 1.52. The number of carbonyl (C=O) groups excluding carboxylic acids is 3. The Bertz CT molecular complexity index is 1720. The Kier molecular flexibility index (Phi) is 6.05. The quantitative estimate of drug-likeness (QED) is 0.260. The average molecular weight is 559 g/mol. The first-order valence-corrected chi connectivity index (χ1v) is 15.0. The van der Waals surface area contributed by atoms with Crippen molar-refractivity contribution >= 4 is 45.8 Å². The van der Waals surface area contributed by atoms with Gasteiger partial charge in [0.05, 0.1) is 16.8 Å². The molecule has 1 fully saturated rings.